The molecule has 1 aromatic rings. The third kappa shape index (κ3) is 2.52. The summed E-state index contributed by atoms with van der Waals surface area (Å²) in [5, 5.41) is 0. The molecule has 1 spiro atoms. The number of hydrogen-bond donors (Lipinski definition) is 1. The SMILES string of the molecule is COCCN1CC2(CCN(C(N)=O)CC2)c2cc(F)ccc21. The van der Waals surface area contributed by atoms with E-state index in [9.17, 15) is 9.18 Å². The summed E-state index contributed by atoms with van der Waals surface area (Å²) in [6.45, 7) is 3.53. The number of primary amides is 1. The molecule has 2 aliphatic rings. The molecule has 2 heterocycles. The van der Waals surface area contributed by atoms with Crippen molar-refractivity contribution in [2.45, 2.75) is 18.3 Å². The van der Waals surface area contributed by atoms with E-state index in [0.717, 1.165) is 37.2 Å². The van der Waals surface area contributed by atoms with Gasteiger partial charge in [-0.2, -0.15) is 0 Å². The Kier molecular flexibility index (Phi) is 3.95. The van der Waals surface area contributed by atoms with E-state index in [2.05, 4.69) is 4.90 Å². The number of halogens is 1. The van der Waals surface area contributed by atoms with E-state index in [-0.39, 0.29) is 17.3 Å². The lowest BCUT2D eigenvalue weighted by Gasteiger charge is -2.39. The van der Waals surface area contributed by atoms with Crippen LogP contribution in [0.3, 0.4) is 0 Å². The normalized spacial score (nSPS) is 19.5. The van der Waals surface area contributed by atoms with Gasteiger partial charge in [0.25, 0.3) is 0 Å². The van der Waals surface area contributed by atoms with Crippen molar-refractivity contribution in [3.63, 3.8) is 0 Å². The number of amides is 2. The van der Waals surface area contributed by atoms with Gasteiger partial charge in [-0.3, -0.25) is 0 Å². The van der Waals surface area contributed by atoms with E-state index < -0.39 is 0 Å². The Balaban J connectivity index is 1.87. The molecule has 0 radical (unpaired) electrons. The van der Waals surface area contributed by atoms with Gasteiger partial charge in [-0.15, -0.1) is 0 Å². The number of ether oxygens (including phenoxy) is 1. The van der Waals surface area contributed by atoms with Crippen molar-refractivity contribution in [2.24, 2.45) is 5.73 Å². The van der Waals surface area contributed by atoms with Crippen molar-refractivity contribution in [3.05, 3.63) is 29.6 Å². The highest BCUT2D eigenvalue weighted by Crippen LogP contribution is 2.47. The van der Waals surface area contributed by atoms with Crippen LogP contribution in [-0.2, 0) is 10.2 Å². The zero-order chi connectivity index (χ0) is 15.7. The number of anilines is 1. The quantitative estimate of drug-likeness (QED) is 0.925. The van der Waals surface area contributed by atoms with Gasteiger partial charge >= 0.3 is 6.03 Å². The van der Waals surface area contributed by atoms with Crippen LogP contribution < -0.4 is 10.6 Å². The van der Waals surface area contributed by atoms with E-state index in [4.69, 9.17) is 10.5 Å². The van der Waals surface area contributed by atoms with Crippen molar-refractivity contribution < 1.29 is 13.9 Å². The average Bonchev–Trinajstić information content (AvgIpc) is 2.79. The summed E-state index contributed by atoms with van der Waals surface area (Å²) in [6.07, 6.45) is 1.63. The summed E-state index contributed by atoms with van der Waals surface area (Å²) in [5.74, 6) is -0.205. The van der Waals surface area contributed by atoms with Gasteiger partial charge in [0.2, 0.25) is 0 Å². The maximum Gasteiger partial charge on any atom is 0.314 e. The van der Waals surface area contributed by atoms with Gasteiger partial charge in [0.1, 0.15) is 5.82 Å². The second kappa shape index (κ2) is 5.76. The molecule has 5 nitrogen and oxygen atoms in total. The zero-order valence-electron chi connectivity index (χ0n) is 12.8. The van der Waals surface area contributed by atoms with Crippen LogP contribution in [0, 0.1) is 5.82 Å². The van der Waals surface area contributed by atoms with E-state index in [1.165, 1.54) is 6.07 Å². The molecule has 1 aromatic carbocycles. The molecule has 0 atom stereocenters. The molecule has 2 aliphatic heterocycles. The third-order valence-electron chi connectivity index (χ3n) is 4.96. The molecule has 0 aromatic heterocycles. The minimum absolute atomic E-state index is 0.0862. The summed E-state index contributed by atoms with van der Waals surface area (Å²) < 4.78 is 18.9. The van der Waals surface area contributed by atoms with Gasteiger partial charge in [0.15, 0.2) is 0 Å². The largest absolute Gasteiger partial charge is 0.383 e. The number of nitrogens with zero attached hydrogens (tertiary/aromatic N) is 2. The van der Waals surface area contributed by atoms with Gasteiger partial charge in [0, 0.05) is 44.4 Å². The number of urea groups is 1. The fourth-order valence-corrected chi connectivity index (χ4v) is 3.73. The number of carbonyl (C=O) groups excluding carboxylic acids is 1. The lowest BCUT2D eigenvalue weighted by molar-refractivity contribution is 0.167. The van der Waals surface area contributed by atoms with Crippen LogP contribution in [0.5, 0.6) is 0 Å². The Hall–Kier alpha value is -1.82. The predicted octanol–water partition coefficient (Wildman–Crippen LogP) is 1.70. The summed E-state index contributed by atoms with van der Waals surface area (Å²) in [7, 11) is 1.68. The van der Waals surface area contributed by atoms with Crippen molar-refractivity contribution >= 4 is 11.7 Å². The second-order valence-electron chi connectivity index (χ2n) is 6.18. The number of fused-ring (bicyclic) bond motifs is 2. The Morgan fingerprint density at radius 1 is 1.41 bits per heavy atom. The van der Waals surface area contributed by atoms with Crippen LogP contribution in [0.2, 0.25) is 0 Å². The van der Waals surface area contributed by atoms with Crippen LogP contribution in [-0.4, -0.2) is 50.8 Å². The Labute approximate surface area is 129 Å². The van der Waals surface area contributed by atoms with Gasteiger partial charge in [0.05, 0.1) is 6.61 Å². The molecule has 2 N–H and O–H groups in total. The monoisotopic (exact) mass is 307 g/mol. The molecule has 3 rings (SSSR count). The minimum Gasteiger partial charge on any atom is -0.383 e. The molecular formula is C16H22FN3O2. The lowest BCUT2D eigenvalue weighted by Crippen LogP contribution is -2.49. The van der Waals surface area contributed by atoms with Crippen LogP contribution in [0.25, 0.3) is 0 Å². The molecule has 0 unspecified atom stereocenters. The summed E-state index contributed by atoms with van der Waals surface area (Å²) in [4.78, 5) is 15.3. The van der Waals surface area contributed by atoms with Crippen LogP contribution in [0.15, 0.2) is 18.2 Å². The average molecular weight is 307 g/mol. The van der Waals surface area contributed by atoms with Crippen LogP contribution in [0.1, 0.15) is 18.4 Å². The number of hydrogen-bond acceptors (Lipinski definition) is 3. The number of methoxy groups -OCH3 is 1. The van der Waals surface area contributed by atoms with E-state index in [1.54, 1.807) is 18.1 Å². The fourth-order valence-electron chi connectivity index (χ4n) is 3.73. The summed E-state index contributed by atoms with van der Waals surface area (Å²) in [5.41, 5.74) is 7.43. The fraction of sp³-hybridized carbons (Fsp3) is 0.562. The zero-order valence-corrected chi connectivity index (χ0v) is 12.8. The van der Waals surface area contributed by atoms with E-state index in [1.807, 2.05) is 6.07 Å². The molecule has 1 fully saturated rings. The lowest BCUT2D eigenvalue weighted by atomic mass is 9.74. The first kappa shape index (κ1) is 15.1. The van der Waals surface area contributed by atoms with Crippen molar-refractivity contribution in [3.8, 4) is 0 Å². The highest BCUT2D eigenvalue weighted by atomic mass is 19.1. The maximum absolute atomic E-state index is 13.8. The third-order valence-corrected chi connectivity index (χ3v) is 4.96. The highest BCUT2D eigenvalue weighted by molar-refractivity contribution is 5.72. The molecule has 0 aliphatic carbocycles. The van der Waals surface area contributed by atoms with Gasteiger partial charge < -0.3 is 20.3 Å². The van der Waals surface area contributed by atoms with Crippen molar-refractivity contribution in [1.82, 2.24) is 4.90 Å². The Morgan fingerprint density at radius 3 is 2.77 bits per heavy atom. The number of carbonyl (C=O) groups is 1. The summed E-state index contributed by atoms with van der Waals surface area (Å²) in [6, 6.07) is 4.65. The second-order valence-corrected chi connectivity index (χ2v) is 6.18. The van der Waals surface area contributed by atoms with Gasteiger partial charge in [-0.05, 0) is 36.6 Å². The van der Waals surface area contributed by atoms with Crippen LogP contribution in [0.4, 0.5) is 14.9 Å². The molecule has 1 saturated heterocycles. The first-order valence-electron chi connectivity index (χ1n) is 7.64. The molecule has 0 bridgehead atoms. The topological polar surface area (TPSA) is 58.8 Å². The molecule has 22 heavy (non-hydrogen) atoms. The Morgan fingerprint density at radius 2 is 2.14 bits per heavy atom. The number of benzene rings is 1. The van der Waals surface area contributed by atoms with Crippen LogP contribution >= 0.6 is 0 Å². The number of likely N-dealkylation sites (tertiary alicyclic amines) is 1. The smallest absolute Gasteiger partial charge is 0.314 e. The number of piperidine rings is 1. The van der Waals surface area contributed by atoms with Gasteiger partial charge in [-0.1, -0.05) is 0 Å². The Bertz CT molecular complexity index is 571. The molecule has 0 saturated carbocycles. The maximum atomic E-state index is 13.8. The minimum atomic E-state index is -0.372. The van der Waals surface area contributed by atoms with Crippen molar-refractivity contribution in [1.29, 1.82) is 0 Å². The van der Waals surface area contributed by atoms with Crippen molar-refractivity contribution in [2.75, 3.05) is 44.8 Å². The van der Waals surface area contributed by atoms with E-state index >= 15 is 0 Å². The molecule has 2 amide bonds. The molecule has 120 valence electrons. The number of rotatable bonds is 3. The molecule has 6 heteroatoms. The van der Waals surface area contributed by atoms with Gasteiger partial charge in [-0.25, -0.2) is 9.18 Å². The highest BCUT2D eigenvalue weighted by Gasteiger charge is 2.45. The van der Waals surface area contributed by atoms with E-state index in [0.29, 0.717) is 19.7 Å². The first-order chi connectivity index (χ1) is 10.6. The summed E-state index contributed by atoms with van der Waals surface area (Å²) >= 11 is 0. The standard InChI is InChI=1S/C16H22FN3O2/c1-22-9-8-20-11-16(4-6-19(7-5-16)15(18)21)13-10-12(17)2-3-14(13)20/h2-3,10H,4-9,11H2,1H3,(H2,18,21). The molecular weight excluding hydrogens is 285 g/mol. The first-order valence-corrected chi connectivity index (χ1v) is 7.64. The predicted molar refractivity (Wildman–Crippen MR) is 82.6 cm³/mol. The number of nitrogens with two attached hydrogens (primary N) is 1.